The minimum Gasteiger partial charge on any atom is -0.380 e. The minimum atomic E-state index is 0.321. The van der Waals surface area contributed by atoms with E-state index in [-0.39, 0.29) is 0 Å². The van der Waals surface area contributed by atoms with Gasteiger partial charge < -0.3 is 9.64 Å². The van der Waals surface area contributed by atoms with E-state index >= 15 is 0 Å². The molecule has 0 radical (unpaired) electrons. The number of guanidine groups is 1. The summed E-state index contributed by atoms with van der Waals surface area (Å²) in [7, 11) is 1.76. The Balaban J connectivity index is 1.93. The van der Waals surface area contributed by atoms with Crippen LogP contribution in [0.1, 0.15) is 32.1 Å². The van der Waals surface area contributed by atoms with E-state index in [0.717, 1.165) is 25.5 Å². The lowest BCUT2D eigenvalue weighted by molar-refractivity contribution is 0.114. The summed E-state index contributed by atoms with van der Waals surface area (Å²) in [5, 5.41) is 0. The summed E-state index contributed by atoms with van der Waals surface area (Å²) in [5.41, 5.74) is 2.74. The Morgan fingerprint density at radius 3 is 2.69 bits per heavy atom. The maximum atomic E-state index is 5.55. The summed E-state index contributed by atoms with van der Waals surface area (Å²) >= 11 is 0. The van der Waals surface area contributed by atoms with E-state index in [2.05, 4.69) is 10.3 Å². The molecule has 5 heteroatoms. The molecule has 1 aliphatic heterocycles. The van der Waals surface area contributed by atoms with E-state index in [0.29, 0.717) is 12.1 Å². The number of hydrogen-bond donors (Lipinski definition) is 2. The Kier molecular flexibility index (Phi) is 4.01. The van der Waals surface area contributed by atoms with Gasteiger partial charge in [-0.05, 0) is 19.3 Å². The standard InChI is InChI=1S/C11H22N4O/c1-16-10-6-7-15(8-10)11(14-12)13-9-4-2-3-5-9/h9-10H,2-8,12H2,1H3,(H,13,14). The highest BCUT2D eigenvalue weighted by molar-refractivity contribution is 5.79. The molecule has 1 saturated heterocycles. The maximum Gasteiger partial charge on any atom is 0.208 e. The first-order chi connectivity index (χ1) is 7.83. The first-order valence-corrected chi connectivity index (χ1v) is 6.15. The molecule has 2 rings (SSSR count). The number of rotatable bonds is 2. The molecule has 1 heterocycles. The smallest absolute Gasteiger partial charge is 0.208 e. The van der Waals surface area contributed by atoms with E-state index in [9.17, 15) is 0 Å². The lowest BCUT2D eigenvalue weighted by Crippen LogP contribution is -2.44. The van der Waals surface area contributed by atoms with Gasteiger partial charge in [0, 0.05) is 20.2 Å². The van der Waals surface area contributed by atoms with Crippen molar-refractivity contribution in [3.63, 3.8) is 0 Å². The average Bonchev–Trinajstić information content (AvgIpc) is 2.96. The molecule has 0 aromatic rings. The van der Waals surface area contributed by atoms with E-state index in [1.807, 2.05) is 0 Å². The van der Waals surface area contributed by atoms with Gasteiger partial charge >= 0.3 is 0 Å². The summed E-state index contributed by atoms with van der Waals surface area (Å²) in [5.74, 6) is 6.39. The van der Waals surface area contributed by atoms with Crippen molar-refractivity contribution in [1.29, 1.82) is 0 Å². The van der Waals surface area contributed by atoms with Gasteiger partial charge in [0.15, 0.2) is 0 Å². The highest BCUT2D eigenvalue weighted by atomic mass is 16.5. The zero-order valence-corrected chi connectivity index (χ0v) is 9.98. The molecule has 0 spiro atoms. The summed E-state index contributed by atoms with van der Waals surface area (Å²) < 4.78 is 5.34. The van der Waals surface area contributed by atoms with Crippen molar-refractivity contribution in [2.24, 2.45) is 10.8 Å². The van der Waals surface area contributed by atoms with Crippen LogP contribution >= 0.6 is 0 Å². The number of nitrogens with two attached hydrogens (primary N) is 1. The molecule has 0 aromatic heterocycles. The van der Waals surface area contributed by atoms with Crippen molar-refractivity contribution >= 4 is 5.96 Å². The van der Waals surface area contributed by atoms with Crippen LogP contribution in [0.25, 0.3) is 0 Å². The number of nitrogens with zero attached hydrogens (tertiary/aromatic N) is 2. The Bertz CT molecular complexity index is 250. The van der Waals surface area contributed by atoms with Crippen LogP contribution in [0, 0.1) is 0 Å². The van der Waals surface area contributed by atoms with E-state index in [1.165, 1.54) is 25.7 Å². The van der Waals surface area contributed by atoms with Gasteiger partial charge in [-0.3, -0.25) is 5.43 Å². The molecule has 3 N–H and O–H groups in total. The van der Waals surface area contributed by atoms with E-state index in [1.54, 1.807) is 7.11 Å². The third-order valence-electron chi connectivity index (χ3n) is 3.54. The van der Waals surface area contributed by atoms with Crippen LogP contribution in [-0.4, -0.2) is 43.2 Å². The normalized spacial score (nSPS) is 27.8. The summed E-state index contributed by atoms with van der Waals surface area (Å²) in [6.07, 6.45) is 6.38. The van der Waals surface area contributed by atoms with Crippen LogP contribution in [0.2, 0.25) is 0 Å². The zero-order valence-electron chi connectivity index (χ0n) is 9.98. The fourth-order valence-electron chi connectivity index (χ4n) is 2.53. The molecule has 0 amide bonds. The van der Waals surface area contributed by atoms with Crippen LogP contribution in [-0.2, 0) is 4.74 Å². The molecule has 2 aliphatic rings. The molecule has 16 heavy (non-hydrogen) atoms. The second-order valence-corrected chi connectivity index (χ2v) is 4.63. The third-order valence-corrected chi connectivity index (χ3v) is 3.54. The predicted molar refractivity (Wildman–Crippen MR) is 64.0 cm³/mol. The quantitative estimate of drug-likeness (QED) is 0.311. The Morgan fingerprint density at radius 1 is 1.38 bits per heavy atom. The van der Waals surface area contributed by atoms with Gasteiger partial charge in [-0.25, -0.2) is 10.8 Å². The topological polar surface area (TPSA) is 62.9 Å². The van der Waals surface area contributed by atoms with Crippen LogP contribution in [0.3, 0.4) is 0 Å². The summed E-state index contributed by atoms with van der Waals surface area (Å²) in [4.78, 5) is 6.88. The zero-order chi connectivity index (χ0) is 11.4. The largest absolute Gasteiger partial charge is 0.380 e. The molecule has 5 nitrogen and oxygen atoms in total. The molecule has 2 fully saturated rings. The van der Waals surface area contributed by atoms with Crippen LogP contribution in [0.5, 0.6) is 0 Å². The highest BCUT2D eigenvalue weighted by Gasteiger charge is 2.25. The average molecular weight is 226 g/mol. The highest BCUT2D eigenvalue weighted by Crippen LogP contribution is 2.21. The molecule has 1 unspecified atom stereocenters. The van der Waals surface area contributed by atoms with Crippen molar-refractivity contribution in [3.8, 4) is 0 Å². The second kappa shape index (κ2) is 5.50. The fraction of sp³-hybridized carbons (Fsp3) is 0.909. The molecule has 92 valence electrons. The SMILES string of the molecule is COC1CCN(C(=NC2CCCC2)NN)C1. The molecular weight excluding hydrogens is 204 g/mol. The van der Waals surface area contributed by atoms with Gasteiger partial charge in [-0.2, -0.15) is 0 Å². The predicted octanol–water partition coefficient (Wildman–Crippen LogP) is 0.469. The summed E-state index contributed by atoms with van der Waals surface area (Å²) in [6.45, 7) is 1.88. The lowest BCUT2D eigenvalue weighted by atomic mass is 10.3. The van der Waals surface area contributed by atoms with E-state index in [4.69, 9.17) is 15.6 Å². The van der Waals surface area contributed by atoms with Crippen molar-refractivity contribution < 1.29 is 4.74 Å². The van der Waals surface area contributed by atoms with Crippen molar-refractivity contribution in [1.82, 2.24) is 10.3 Å². The fourth-order valence-corrected chi connectivity index (χ4v) is 2.53. The monoisotopic (exact) mass is 226 g/mol. The maximum absolute atomic E-state index is 5.55. The number of ether oxygens (including phenoxy) is 1. The third kappa shape index (κ3) is 2.65. The number of likely N-dealkylation sites (tertiary alicyclic amines) is 1. The van der Waals surface area contributed by atoms with Crippen molar-refractivity contribution in [2.75, 3.05) is 20.2 Å². The Hall–Kier alpha value is -0.810. The number of aliphatic imine (C=N–C) groups is 1. The van der Waals surface area contributed by atoms with Crippen LogP contribution in [0.4, 0.5) is 0 Å². The van der Waals surface area contributed by atoms with Crippen molar-refractivity contribution in [3.05, 3.63) is 0 Å². The van der Waals surface area contributed by atoms with Gasteiger partial charge in [0.2, 0.25) is 5.96 Å². The van der Waals surface area contributed by atoms with Gasteiger partial charge in [-0.15, -0.1) is 0 Å². The number of methoxy groups -OCH3 is 1. The van der Waals surface area contributed by atoms with Gasteiger partial charge in [0.25, 0.3) is 0 Å². The van der Waals surface area contributed by atoms with E-state index < -0.39 is 0 Å². The van der Waals surface area contributed by atoms with Gasteiger partial charge in [0.1, 0.15) is 0 Å². The molecule has 0 aromatic carbocycles. The molecule has 0 bridgehead atoms. The Labute approximate surface area is 97.0 Å². The lowest BCUT2D eigenvalue weighted by Gasteiger charge is -2.21. The first kappa shape index (κ1) is 11.7. The van der Waals surface area contributed by atoms with Crippen molar-refractivity contribution in [2.45, 2.75) is 44.2 Å². The van der Waals surface area contributed by atoms with Crippen LogP contribution in [0.15, 0.2) is 4.99 Å². The molecule has 1 atom stereocenters. The molecule has 1 saturated carbocycles. The van der Waals surface area contributed by atoms with Crippen LogP contribution < -0.4 is 11.3 Å². The number of hydrogen-bond acceptors (Lipinski definition) is 3. The molecule has 1 aliphatic carbocycles. The molecular formula is C11H22N4O. The van der Waals surface area contributed by atoms with Gasteiger partial charge in [-0.1, -0.05) is 12.8 Å². The second-order valence-electron chi connectivity index (χ2n) is 4.63. The Morgan fingerprint density at radius 2 is 2.12 bits per heavy atom. The number of nitrogens with one attached hydrogen (secondary N) is 1. The number of hydrazine groups is 1. The first-order valence-electron chi connectivity index (χ1n) is 6.15. The summed E-state index contributed by atoms with van der Waals surface area (Å²) in [6, 6.07) is 0.465. The minimum absolute atomic E-state index is 0.321. The van der Waals surface area contributed by atoms with Gasteiger partial charge in [0.05, 0.1) is 12.1 Å².